The topological polar surface area (TPSA) is 47.6 Å². The lowest BCUT2D eigenvalue weighted by Gasteiger charge is -2.40. The van der Waals surface area contributed by atoms with Gasteiger partial charge in [0.15, 0.2) is 0 Å². The van der Waals surface area contributed by atoms with Crippen molar-refractivity contribution in [3.63, 3.8) is 0 Å². The molecule has 0 aromatic heterocycles. The quantitative estimate of drug-likeness (QED) is 0.686. The van der Waals surface area contributed by atoms with Gasteiger partial charge in [-0.15, -0.1) is 0 Å². The molecule has 1 N–H and O–H groups in total. The number of hydrogen-bond donors (Lipinski definition) is 1. The van der Waals surface area contributed by atoms with Crippen molar-refractivity contribution >= 4 is 6.09 Å². The molecule has 1 amide bonds. The first-order valence-electron chi connectivity index (χ1n) is 6.65. The van der Waals surface area contributed by atoms with Gasteiger partial charge in [-0.1, -0.05) is 37.8 Å². The van der Waals surface area contributed by atoms with Gasteiger partial charge in [0.05, 0.1) is 13.2 Å². The zero-order chi connectivity index (χ0) is 14.0. The van der Waals surface area contributed by atoms with Crippen molar-refractivity contribution in [3.8, 4) is 0 Å². The van der Waals surface area contributed by atoms with Gasteiger partial charge in [0.25, 0.3) is 0 Å². The van der Waals surface area contributed by atoms with Crippen molar-refractivity contribution < 1.29 is 14.3 Å². The molecule has 106 valence electrons. The molecule has 4 nitrogen and oxygen atoms in total. The summed E-state index contributed by atoms with van der Waals surface area (Å²) in [5.41, 5.74) is 0.267. The lowest BCUT2D eigenvalue weighted by atomic mass is 9.80. The van der Waals surface area contributed by atoms with E-state index < -0.39 is 0 Å². The third-order valence-corrected chi connectivity index (χ3v) is 3.30. The molecule has 0 saturated carbocycles. The Bertz CT molecular complexity index is 338. The second-order valence-corrected chi connectivity index (χ2v) is 4.67. The van der Waals surface area contributed by atoms with E-state index in [1.54, 1.807) is 18.2 Å². The van der Waals surface area contributed by atoms with E-state index in [1.165, 1.54) is 0 Å². The van der Waals surface area contributed by atoms with Crippen LogP contribution in [0.3, 0.4) is 0 Å². The second kappa shape index (κ2) is 8.53. The first-order chi connectivity index (χ1) is 9.22. The fourth-order valence-electron chi connectivity index (χ4n) is 1.80. The normalized spacial score (nSPS) is 17.3. The third-order valence-electron chi connectivity index (χ3n) is 3.30. The monoisotopic (exact) mass is 265 g/mol. The standard InChI is InChI=1S/C15H23NO3/c1-3-5-6-7-8-11-19-14(17)16-10-9-15(4-2)12-18-13-15/h3,5-8H,1,4,9-13H2,2H3,(H,16,17)/b6-5-,8-7-. The van der Waals surface area contributed by atoms with E-state index in [-0.39, 0.29) is 18.1 Å². The zero-order valence-corrected chi connectivity index (χ0v) is 11.6. The minimum absolute atomic E-state index is 0.267. The molecule has 0 unspecified atom stereocenters. The van der Waals surface area contributed by atoms with Crippen molar-refractivity contribution in [2.75, 3.05) is 26.4 Å². The van der Waals surface area contributed by atoms with Crippen LogP contribution in [-0.4, -0.2) is 32.5 Å². The van der Waals surface area contributed by atoms with Crippen LogP contribution in [0.5, 0.6) is 0 Å². The molecule has 0 aromatic carbocycles. The number of ether oxygens (including phenoxy) is 2. The molecule has 0 atom stereocenters. The molecule has 1 saturated heterocycles. The maximum absolute atomic E-state index is 11.4. The van der Waals surface area contributed by atoms with Gasteiger partial charge in [0.2, 0.25) is 0 Å². The zero-order valence-electron chi connectivity index (χ0n) is 11.6. The van der Waals surface area contributed by atoms with Crippen molar-refractivity contribution in [3.05, 3.63) is 37.0 Å². The molecular formula is C15H23NO3. The van der Waals surface area contributed by atoms with Crippen LogP contribution in [0.15, 0.2) is 37.0 Å². The molecular weight excluding hydrogens is 242 g/mol. The largest absolute Gasteiger partial charge is 0.445 e. The molecule has 1 aliphatic rings. The molecule has 19 heavy (non-hydrogen) atoms. The van der Waals surface area contributed by atoms with Crippen LogP contribution in [0.25, 0.3) is 0 Å². The lowest BCUT2D eigenvalue weighted by Crippen LogP contribution is -2.44. The van der Waals surface area contributed by atoms with E-state index in [4.69, 9.17) is 9.47 Å². The van der Waals surface area contributed by atoms with Crippen LogP contribution in [-0.2, 0) is 9.47 Å². The summed E-state index contributed by atoms with van der Waals surface area (Å²) in [5.74, 6) is 0. The van der Waals surface area contributed by atoms with Crippen LogP contribution in [0.2, 0.25) is 0 Å². The summed E-state index contributed by atoms with van der Waals surface area (Å²) in [5, 5.41) is 2.76. The van der Waals surface area contributed by atoms with Crippen molar-refractivity contribution in [2.45, 2.75) is 19.8 Å². The van der Waals surface area contributed by atoms with Gasteiger partial charge in [0, 0.05) is 12.0 Å². The van der Waals surface area contributed by atoms with Crippen LogP contribution in [0, 0.1) is 5.41 Å². The number of carbonyl (C=O) groups excluding carboxylic acids is 1. The van der Waals surface area contributed by atoms with Gasteiger partial charge in [-0.25, -0.2) is 4.79 Å². The van der Waals surface area contributed by atoms with Crippen LogP contribution in [0.1, 0.15) is 19.8 Å². The number of carbonyl (C=O) groups is 1. The predicted octanol–water partition coefficient (Wildman–Crippen LogP) is 2.83. The van der Waals surface area contributed by atoms with Crippen LogP contribution < -0.4 is 5.32 Å². The summed E-state index contributed by atoms with van der Waals surface area (Å²) in [6.07, 6.45) is 10.6. The highest BCUT2D eigenvalue weighted by Crippen LogP contribution is 2.34. The van der Waals surface area contributed by atoms with E-state index in [0.717, 1.165) is 26.1 Å². The summed E-state index contributed by atoms with van der Waals surface area (Å²) >= 11 is 0. The van der Waals surface area contributed by atoms with Gasteiger partial charge < -0.3 is 14.8 Å². The number of alkyl carbamates (subject to hydrolysis) is 1. The van der Waals surface area contributed by atoms with Gasteiger partial charge in [-0.05, 0) is 18.9 Å². The second-order valence-electron chi connectivity index (χ2n) is 4.67. The molecule has 0 radical (unpaired) electrons. The summed E-state index contributed by atoms with van der Waals surface area (Å²) < 4.78 is 10.2. The average Bonchev–Trinajstić information content (AvgIpc) is 2.37. The number of amides is 1. The predicted molar refractivity (Wildman–Crippen MR) is 76.0 cm³/mol. The smallest absolute Gasteiger partial charge is 0.407 e. The molecule has 1 heterocycles. The highest BCUT2D eigenvalue weighted by molar-refractivity contribution is 5.67. The molecule has 4 heteroatoms. The van der Waals surface area contributed by atoms with Crippen LogP contribution >= 0.6 is 0 Å². The van der Waals surface area contributed by atoms with Gasteiger partial charge in [0.1, 0.15) is 6.61 Å². The Hall–Kier alpha value is -1.55. The Morgan fingerprint density at radius 1 is 1.42 bits per heavy atom. The average molecular weight is 265 g/mol. The van der Waals surface area contributed by atoms with Crippen LogP contribution in [0.4, 0.5) is 4.79 Å². The molecule has 1 rings (SSSR count). The highest BCUT2D eigenvalue weighted by atomic mass is 16.5. The number of nitrogens with one attached hydrogen (secondary N) is 1. The van der Waals surface area contributed by atoms with Crippen molar-refractivity contribution in [1.82, 2.24) is 5.32 Å². The Morgan fingerprint density at radius 3 is 2.79 bits per heavy atom. The molecule has 1 fully saturated rings. The Morgan fingerprint density at radius 2 is 2.21 bits per heavy atom. The first-order valence-corrected chi connectivity index (χ1v) is 6.65. The molecule has 1 aliphatic heterocycles. The summed E-state index contributed by atoms with van der Waals surface area (Å²) in [7, 11) is 0. The number of hydrogen-bond acceptors (Lipinski definition) is 3. The number of rotatable bonds is 8. The van der Waals surface area contributed by atoms with E-state index >= 15 is 0 Å². The van der Waals surface area contributed by atoms with E-state index in [1.807, 2.05) is 12.2 Å². The van der Waals surface area contributed by atoms with E-state index in [2.05, 4.69) is 18.8 Å². The number of allylic oxidation sites excluding steroid dienone is 4. The maximum atomic E-state index is 11.4. The fourth-order valence-corrected chi connectivity index (χ4v) is 1.80. The molecule has 0 aliphatic carbocycles. The summed E-state index contributed by atoms with van der Waals surface area (Å²) in [4.78, 5) is 11.4. The van der Waals surface area contributed by atoms with Gasteiger partial charge in [-0.2, -0.15) is 0 Å². The lowest BCUT2D eigenvalue weighted by molar-refractivity contribution is -0.118. The van der Waals surface area contributed by atoms with Gasteiger partial charge >= 0.3 is 6.09 Å². The van der Waals surface area contributed by atoms with Crippen molar-refractivity contribution in [1.29, 1.82) is 0 Å². The highest BCUT2D eigenvalue weighted by Gasteiger charge is 2.36. The van der Waals surface area contributed by atoms with Gasteiger partial charge in [-0.3, -0.25) is 0 Å². The van der Waals surface area contributed by atoms with E-state index in [9.17, 15) is 4.79 Å². The summed E-state index contributed by atoms with van der Waals surface area (Å²) in [6.45, 7) is 8.23. The van der Waals surface area contributed by atoms with Crippen molar-refractivity contribution in [2.24, 2.45) is 5.41 Å². The Kier molecular flexibility index (Phi) is 6.97. The molecule has 0 bridgehead atoms. The third kappa shape index (κ3) is 5.75. The maximum Gasteiger partial charge on any atom is 0.407 e. The first kappa shape index (κ1) is 15.5. The SMILES string of the molecule is C=C/C=C\C=C/COC(=O)NCCC1(CC)COC1. The Balaban J connectivity index is 2.06. The fraction of sp³-hybridized carbons (Fsp3) is 0.533. The molecule has 0 aromatic rings. The minimum atomic E-state index is -0.371. The van der Waals surface area contributed by atoms with E-state index in [0.29, 0.717) is 6.54 Å². The Labute approximate surface area is 115 Å². The molecule has 0 spiro atoms. The summed E-state index contributed by atoms with van der Waals surface area (Å²) in [6, 6.07) is 0. The minimum Gasteiger partial charge on any atom is -0.445 e.